The summed E-state index contributed by atoms with van der Waals surface area (Å²) in [5.74, 6) is 0. The Hall–Kier alpha value is -0.770. The summed E-state index contributed by atoms with van der Waals surface area (Å²) in [6.07, 6.45) is 10.5. The normalized spacial score (nSPS) is 19.4. The summed E-state index contributed by atoms with van der Waals surface area (Å²) in [7, 11) is 0. The molecule has 5 heteroatoms. The van der Waals surface area contributed by atoms with E-state index in [1.54, 1.807) is 0 Å². The van der Waals surface area contributed by atoms with Crippen molar-refractivity contribution in [3.63, 3.8) is 0 Å². The predicted molar refractivity (Wildman–Crippen MR) is 71.3 cm³/mol. The Morgan fingerprint density at radius 2 is 1.89 bits per heavy atom. The molecule has 0 spiro atoms. The lowest BCUT2D eigenvalue weighted by Crippen LogP contribution is -2.22. The van der Waals surface area contributed by atoms with Gasteiger partial charge in [0.05, 0.1) is 0 Å². The fraction of sp³-hybridized carbons (Fsp3) is 1.00. The van der Waals surface area contributed by atoms with E-state index >= 15 is 0 Å². The van der Waals surface area contributed by atoms with Gasteiger partial charge < -0.3 is 9.47 Å². The first-order valence-electron chi connectivity index (χ1n) is 7.17. The van der Waals surface area contributed by atoms with Crippen molar-refractivity contribution in [2.75, 3.05) is 19.8 Å². The van der Waals surface area contributed by atoms with Crippen molar-refractivity contribution in [1.82, 2.24) is 0 Å². The van der Waals surface area contributed by atoms with Crippen molar-refractivity contribution < 1.29 is 9.47 Å². The van der Waals surface area contributed by atoms with Crippen LogP contribution in [0.15, 0.2) is 5.11 Å². The van der Waals surface area contributed by atoms with Crippen LogP contribution in [0.2, 0.25) is 0 Å². The van der Waals surface area contributed by atoms with Gasteiger partial charge in [-0.15, -0.1) is 0 Å². The zero-order valence-corrected chi connectivity index (χ0v) is 11.2. The molecule has 0 N–H and O–H groups in total. The first-order chi connectivity index (χ1) is 8.93. The largest absolute Gasteiger partial charge is 0.353 e. The van der Waals surface area contributed by atoms with Gasteiger partial charge in [0.15, 0.2) is 6.29 Å². The first-order valence-corrected chi connectivity index (χ1v) is 7.17. The summed E-state index contributed by atoms with van der Waals surface area (Å²) in [5, 5.41) is 3.52. The maximum absolute atomic E-state index is 8.11. The highest BCUT2D eigenvalue weighted by atomic mass is 16.7. The third kappa shape index (κ3) is 8.34. The molecular formula is C13H25N3O2. The summed E-state index contributed by atoms with van der Waals surface area (Å²) in [6.45, 7) is 2.32. The monoisotopic (exact) mass is 255 g/mol. The molecule has 0 amide bonds. The summed E-state index contributed by atoms with van der Waals surface area (Å²) < 4.78 is 11.2. The van der Waals surface area contributed by atoms with Gasteiger partial charge in [0.2, 0.25) is 0 Å². The number of nitrogens with zero attached hydrogens (tertiary/aromatic N) is 3. The van der Waals surface area contributed by atoms with Crippen molar-refractivity contribution in [3.8, 4) is 0 Å². The molecule has 1 saturated heterocycles. The minimum Gasteiger partial charge on any atom is -0.353 e. The van der Waals surface area contributed by atoms with Gasteiger partial charge in [-0.2, -0.15) is 0 Å². The smallest absolute Gasteiger partial charge is 0.157 e. The van der Waals surface area contributed by atoms with E-state index in [1.165, 1.54) is 32.1 Å². The standard InChI is InChI=1S/C13H25N3O2/c14-16-15-10-6-3-1-2-4-7-11-17-13-9-5-8-12-18-13/h13H,1-12H2. The topological polar surface area (TPSA) is 67.2 Å². The van der Waals surface area contributed by atoms with Crippen molar-refractivity contribution >= 4 is 0 Å². The van der Waals surface area contributed by atoms with Crippen molar-refractivity contribution in [1.29, 1.82) is 0 Å². The third-order valence-corrected chi connectivity index (χ3v) is 3.16. The minimum absolute atomic E-state index is 0.0580. The number of azide groups is 1. The van der Waals surface area contributed by atoms with Gasteiger partial charge in [-0.25, -0.2) is 0 Å². The SMILES string of the molecule is [N-]=[N+]=NCCCCCCCCOC1CCCCO1. The molecule has 1 atom stereocenters. The van der Waals surface area contributed by atoms with Crippen LogP contribution in [0.3, 0.4) is 0 Å². The summed E-state index contributed by atoms with van der Waals surface area (Å²) in [6, 6.07) is 0. The van der Waals surface area contributed by atoms with Gasteiger partial charge in [-0.3, -0.25) is 0 Å². The lowest BCUT2D eigenvalue weighted by molar-refractivity contribution is -0.162. The minimum atomic E-state index is 0.0580. The van der Waals surface area contributed by atoms with Crippen LogP contribution in [0.1, 0.15) is 57.8 Å². The number of rotatable bonds is 10. The molecule has 0 aromatic heterocycles. The van der Waals surface area contributed by atoms with Crippen molar-refractivity contribution in [3.05, 3.63) is 10.4 Å². The fourth-order valence-electron chi connectivity index (χ4n) is 2.09. The molecule has 1 aliphatic heterocycles. The lowest BCUT2D eigenvalue weighted by atomic mass is 10.1. The maximum Gasteiger partial charge on any atom is 0.157 e. The Balaban J connectivity index is 1.76. The van der Waals surface area contributed by atoms with E-state index in [9.17, 15) is 0 Å². The Bertz CT molecular complexity index is 236. The average Bonchev–Trinajstić information content (AvgIpc) is 2.42. The molecule has 0 aliphatic carbocycles. The van der Waals surface area contributed by atoms with Crippen molar-refractivity contribution in [2.45, 2.75) is 64.1 Å². The number of hydrogen-bond acceptors (Lipinski definition) is 3. The van der Waals surface area contributed by atoms with Crippen LogP contribution in [0.4, 0.5) is 0 Å². The van der Waals surface area contributed by atoms with Gasteiger partial charge >= 0.3 is 0 Å². The van der Waals surface area contributed by atoms with E-state index < -0.39 is 0 Å². The van der Waals surface area contributed by atoms with Gasteiger partial charge in [0, 0.05) is 24.7 Å². The fourth-order valence-corrected chi connectivity index (χ4v) is 2.09. The van der Waals surface area contributed by atoms with Crippen LogP contribution < -0.4 is 0 Å². The maximum atomic E-state index is 8.11. The van der Waals surface area contributed by atoms with Crippen LogP contribution in [0.25, 0.3) is 10.4 Å². The van der Waals surface area contributed by atoms with E-state index in [0.717, 1.165) is 38.9 Å². The quantitative estimate of drug-likeness (QED) is 0.254. The Morgan fingerprint density at radius 1 is 1.11 bits per heavy atom. The second kappa shape index (κ2) is 11.3. The average molecular weight is 255 g/mol. The van der Waals surface area contributed by atoms with E-state index in [1.807, 2.05) is 0 Å². The van der Waals surface area contributed by atoms with Crippen LogP contribution in [-0.4, -0.2) is 26.0 Å². The lowest BCUT2D eigenvalue weighted by Gasteiger charge is -2.22. The highest BCUT2D eigenvalue weighted by molar-refractivity contribution is 4.54. The molecule has 1 rings (SSSR count). The molecule has 18 heavy (non-hydrogen) atoms. The second-order valence-electron chi connectivity index (χ2n) is 4.74. The molecule has 0 aromatic carbocycles. The molecule has 0 bridgehead atoms. The van der Waals surface area contributed by atoms with Crippen LogP contribution >= 0.6 is 0 Å². The number of ether oxygens (including phenoxy) is 2. The van der Waals surface area contributed by atoms with Crippen LogP contribution in [-0.2, 0) is 9.47 Å². The molecule has 0 radical (unpaired) electrons. The van der Waals surface area contributed by atoms with Crippen LogP contribution in [0.5, 0.6) is 0 Å². The summed E-state index contributed by atoms with van der Waals surface area (Å²) >= 11 is 0. The molecule has 5 nitrogen and oxygen atoms in total. The van der Waals surface area contributed by atoms with Crippen molar-refractivity contribution in [2.24, 2.45) is 5.11 Å². The second-order valence-corrected chi connectivity index (χ2v) is 4.74. The number of hydrogen-bond donors (Lipinski definition) is 0. The highest BCUT2D eigenvalue weighted by Crippen LogP contribution is 2.14. The predicted octanol–water partition coefficient (Wildman–Crippen LogP) is 4.18. The van der Waals surface area contributed by atoms with Gasteiger partial charge in [-0.05, 0) is 37.6 Å². The van der Waals surface area contributed by atoms with E-state index in [-0.39, 0.29) is 6.29 Å². The van der Waals surface area contributed by atoms with Crippen LogP contribution in [0, 0.1) is 0 Å². The summed E-state index contributed by atoms with van der Waals surface area (Å²) in [5.41, 5.74) is 8.11. The number of unbranched alkanes of at least 4 members (excludes halogenated alkanes) is 5. The van der Waals surface area contributed by atoms with E-state index in [4.69, 9.17) is 15.0 Å². The molecular weight excluding hydrogens is 230 g/mol. The molecule has 1 unspecified atom stereocenters. The zero-order valence-electron chi connectivity index (χ0n) is 11.2. The van der Waals surface area contributed by atoms with Gasteiger partial charge in [0.1, 0.15) is 0 Å². The molecule has 0 saturated carbocycles. The van der Waals surface area contributed by atoms with E-state index in [0.29, 0.717) is 6.54 Å². The summed E-state index contributed by atoms with van der Waals surface area (Å²) in [4.78, 5) is 2.73. The third-order valence-electron chi connectivity index (χ3n) is 3.16. The first kappa shape index (κ1) is 15.3. The zero-order chi connectivity index (χ0) is 12.9. The molecule has 1 heterocycles. The molecule has 0 aromatic rings. The van der Waals surface area contributed by atoms with Gasteiger partial charge in [-0.1, -0.05) is 30.8 Å². The Kier molecular flexibility index (Phi) is 9.62. The van der Waals surface area contributed by atoms with Gasteiger partial charge in [0.25, 0.3) is 0 Å². The molecule has 1 fully saturated rings. The Labute approximate surface area is 109 Å². The Morgan fingerprint density at radius 3 is 2.61 bits per heavy atom. The van der Waals surface area contributed by atoms with E-state index in [2.05, 4.69) is 10.0 Å². The molecule has 104 valence electrons. The molecule has 1 aliphatic rings. The highest BCUT2D eigenvalue weighted by Gasteiger charge is 2.13.